The van der Waals surface area contributed by atoms with Crippen molar-refractivity contribution >= 4 is 0 Å². The molecular formula is C14H18N2O2. The topological polar surface area (TPSA) is 47.3 Å². The number of aromatic nitrogens is 2. The lowest BCUT2D eigenvalue weighted by Gasteiger charge is -2.16. The van der Waals surface area contributed by atoms with E-state index in [4.69, 9.17) is 4.74 Å². The zero-order chi connectivity index (χ0) is 13.1. The number of rotatable bonds is 4. The van der Waals surface area contributed by atoms with E-state index in [0.29, 0.717) is 0 Å². The lowest BCUT2D eigenvalue weighted by Crippen LogP contribution is -2.08. The summed E-state index contributed by atoms with van der Waals surface area (Å²) in [7, 11) is 1.64. The quantitative estimate of drug-likeness (QED) is 0.900. The molecule has 0 aliphatic carbocycles. The van der Waals surface area contributed by atoms with E-state index in [2.05, 4.69) is 4.98 Å². The summed E-state index contributed by atoms with van der Waals surface area (Å²) in [4.78, 5) is 4.08. The number of aryl methyl sites for hydroxylation is 2. The second-order valence-corrected chi connectivity index (χ2v) is 4.23. The van der Waals surface area contributed by atoms with E-state index in [-0.39, 0.29) is 0 Å². The Morgan fingerprint density at radius 3 is 2.83 bits per heavy atom. The third kappa shape index (κ3) is 2.24. The Kier molecular flexibility index (Phi) is 3.67. The Balaban J connectivity index is 2.37. The van der Waals surface area contributed by atoms with Gasteiger partial charge in [0.2, 0.25) is 0 Å². The number of imidazole rings is 1. The minimum atomic E-state index is -0.654. The van der Waals surface area contributed by atoms with Gasteiger partial charge in [0, 0.05) is 6.54 Å². The first-order chi connectivity index (χ1) is 8.67. The summed E-state index contributed by atoms with van der Waals surface area (Å²) in [6, 6.07) is 5.68. The number of nitrogens with zero attached hydrogens (tertiary/aromatic N) is 2. The van der Waals surface area contributed by atoms with Gasteiger partial charge in [-0.25, -0.2) is 4.98 Å². The SMILES string of the molecule is CCn1cncc1C(O)c1ccc(OC)cc1C. The third-order valence-corrected chi connectivity index (χ3v) is 3.14. The molecule has 18 heavy (non-hydrogen) atoms. The molecule has 0 amide bonds. The van der Waals surface area contributed by atoms with Gasteiger partial charge in [-0.05, 0) is 37.1 Å². The number of hydrogen-bond acceptors (Lipinski definition) is 3. The molecule has 4 nitrogen and oxygen atoms in total. The van der Waals surface area contributed by atoms with Crippen molar-refractivity contribution in [3.63, 3.8) is 0 Å². The lowest BCUT2D eigenvalue weighted by atomic mass is 10.0. The predicted molar refractivity (Wildman–Crippen MR) is 69.7 cm³/mol. The molecule has 4 heteroatoms. The largest absolute Gasteiger partial charge is 0.497 e. The highest BCUT2D eigenvalue weighted by molar-refractivity contribution is 5.38. The zero-order valence-corrected chi connectivity index (χ0v) is 10.9. The Morgan fingerprint density at radius 1 is 1.44 bits per heavy atom. The molecule has 0 saturated carbocycles. The van der Waals surface area contributed by atoms with Gasteiger partial charge in [0.25, 0.3) is 0 Å². The van der Waals surface area contributed by atoms with Crippen LogP contribution in [0, 0.1) is 6.92 Å². The minimum absolute atomic E-state index is 0.654. The van der Waals surface area contributed by atoms with E-state index >= 15 is 0 Å². The smallest absolute Gasteiger partial charge is 0.121 e. The van der Waals surface area contributed by atoms with Crippen molar-refractivity contribution in [3.8, 4) is 5.75 Å². The average Bonchev–Trinajstić information content (AvgIpc) is 2.86. The van der Waals surface area contributed by atoms with Crippen LogP contribution in [-0.2, 0) is 6.54 Å². The van der Waals surface area contributed by atoms with Crippen LogP contribution in [0.1, 0.15) is 29.8 Å². The van der Waals surface area contributed by atoms with Crippen molar-refractivity contribution in [1.82, 2.24) is 9.55 Å². The number of ether oxygens (including phenoxy) is 1. The first-order valence-electron chi connectivity index (χ1n) is 6.00. The summed E-state index contributed by atoms with van der Waals surface area (Å²) in [6.45, 7) is 4.79. The molecule has 1 aromatic heterocycles. The highest BCUT2D eigenvalue weighted by atomic mass is 16.5. The number of aliphatic hydroxyl groups excluding tert-OH is 1. The van der Waals surface area contributed by atoms with Gasteiger partial charge in [0.1, 0.15) is 11.9 Å². The van der Waals surface area contributed by atoms with Crippen LogP contribution in [-0.4, -0.2) is 21.8 Å². The summed E-state index contributed by atoms with van der Waals surface area (Å²) in [5.41, 5.74) is 2.70. The molecular weight excluding hydrogens is 228 g/mol. The van der Waals surface area contributed by atoms with E-state index in [1.807, 2.05) is 36.6 Å². The van der Waals surface area contributed by atoms with Crippen LogP contribution in [0.2, 0.25) is 0 Å². The molecule has 1 N–H and O–H groups in total. The van der Waals surface area contributed by atoms with Crippen LogP contribution in [0.15, 0.2) is 30.7 Å². The molecule has 2 aromatic rings. The molecule has 0 aliphatic heterocycles. The summed E-state index contributed by atoms with van der Waals surface area (Å²) in [5, 5.41) is 10.4. The van der Waals surface area contributed by atoms with Crippen molar-refractivity contribution in [3.05, 3.63) is 47.5 Å². The van der Waals surface area contributed by atoms with Crippen molar-refractivity contribution in [2.75, 3.05) is 7.11 Å². The number of methoxy groups -OCH3 is 1. The standard InChI is InChI=1S/C14H18N2O2/c1-4-16-9-15-8-13(16)14(17)12-6-5-11(18-3)7-10(12)2/h5-9,14,17H,4H2,1-3H3. The van der Waals surface area contributed by atoms with Gasteiger partial charge in [0.05, 0.1) is 25.3 Å². The fourth-order valence-corrected chi connectivity index (χ4v) is 2.06. The van der Waals surface area contributed by atoms with Crippen LogP contribution in [0.5, 0.6) is 5.75 Å². The minimum Gasteiger partial charge on any atom is -0.497 e. The van der Waals surface area contributed by atoms with Crippen molar-refractivity contribution in [2.45, 2.75) is 26.5 Å². The highest BCUT2D eigenvalue weighted by Crippen LogP contribution is 2.27. The maximum Gasteiger partial charge on any atom is 0.121 e. The molecule has 2 rings (SSSR count). The van der Waals surface area contributed by atoms with Gasteiger partial charge < -0.3 is 14.4 Å². The van der Waals surface area contributed by atoms with Crippen molar-refractivity contribution in [2.24, 2.45) is 0 Å². The van der Waals surface area contributed by atoms with Gasteiger partial charge in [-0.15, -0.1) is 0 Å². The molecule has 1 heterocycles. The summed E-state index contributed by atoms with van der Waals surface area (Å²) < 4.78 is 7.10. The van der Waals surface area contributed by atoms with Gasteiger partial charge in [-0.2, -0.15) is 0 Å². The zero-order valence-electron chi connectivity index (χ0n) is 10.9. The number of hydrogen-bond donors (Lipinski definition) is 1. The number of aliphatic hydroxyl groups is 1. The predicted octanol–water partition coefficient (Wildman–Crippen LogP) is 2.30. The van der Waals surface area contributed by atoms with Gasteiger partial charge in [0.15, 0.2) is 0 Å². The first kappa shape index (κ1) is 12.6. The molecule has 0 aliphatic rings. The monoisotopic (exact) mass is 246 g/mol. The molecule has 1 unspecified atom stereocenters. The lowest BCUT2D eigenvalue weighted by molar-refractivity contribution is 0.209. The van der Waals surface area contributed by atoms with Gasteiger partial charge in [-0.1, -0.05) is 6.07 Å². The van der Waals surface area contributed by atoms with E-state index in [0.717, 1.165) is 29.1 Å². The van der Waals surface area contributed by atoms with E-state index in [9.17, 15) is 5.11 Å². The fourth-order valence-electron chi connectivity index (χ4n) is 2.06. The van der Waals surface area contributed by atoms with Gasteiger partial charge >= 0.3 is 0 Å². The van der Waals surface area contributed by atoms with Crippen LogP contribution in [0.25, 0.3) is 0 Å². The Hall–Kier alpha value is -1.81. The van der Waals surface area contributed by atoms with Crippen LogP contribution in [0.3, 0.4) is 0 Å². The second-order valence-electron chi connectivity index (χ2n) is 4.23. The number of benzene rings is 1. The maximum atomic E-state index is 10.4. The summed E-state index contributed by atoms with van der Waals surface area (Å²) >= 11 is 0. The molecule has 0 radical (unpaired) electrons. The van der Waals surface area contributed by atoms with Crippen molar-refractivity contribution in [1.29, 1.82) is 0 Å². The molecule has 0 bridgehead atoms. The maximum absolute atomic E-state index is 10.4. The highest BCUT2D eigenvalue weighted by Gasteiger charge is 2.16. The molecule has 0 fully saturated rings. The fraction of sp³-hybridized carbons (Fsp3) is 0.357. The Labute approximate surface area is 107 Å². The molecule has 0 spiro atoms. The molecule has 96 valence electrons. The van der Waals surface area contributed by atoms with Crippen LogP contribution in [0.4, 0.5) is 0 Å². The van der Waals surface area contributed by atoms with Gasteiger partial charge in [-0.3, -0.25) is 0 Å². The Bertz CT molecular complexity index is 534. The Morgan fingerprint density at radius 2 is 2.22 bits per heavy atom. The van der Waals surface area contributed by atoms with Crippen LogP contribution < -0.4 is 4.74 Å². The third-order valence-electron chi connectivity index (χ3n) is 3.14. The van der Waals surface area contributed by atoms with E-state index in [1.165, 1.54) is 0 Å². The molecule has 1 aromatic carbocycles. The molecule has 1 atom stereocenters. The van der Waals surface area contributed by atoms with Crippen molar-refractivity contribution < 1.29 is 9.84 Å². The average molecular weight is 246 g/mol. The normalized spacial score (nSPS) is 12.4. The summed E-state index contributed by atoms with van der Waals surface area (Å²) in [5.74, 6) is 0.799. The van der Waals surface area contributed by atoms with E-state index < -0.39 is 6.10 Å². The first-order valence-corrected chi connectivity index (χ1v) is 6.00. The van der Waals surface area contributed by atoms with Crippen LogP contribution >= 0.6 is 0 Å². The van der Waals surface area contributed by atoms with E-state index in [1.54, 1.807) is 19.6 Å². The molecule has 0 saturated heterocycles. The summed E-state index contributed by atoms with van der Waals surface area (Å²) in [6.07, 6.45) is 2.79. The second kappa shape index (κ2) is 5.23.